The van der Waals surface area contributed by atoms with Gasteiger partial charge in [0.05, 0.1) is 12.5 Å². The van der Waals surface area contributed by atoms with E-state index in [2.05, 4.69) is 5.32 Å². The van der Waals surface area contributed by atoms with Crippen molar-refractivity contribution < 1.29 is 9.53 Å². The molecule has 1 aliphatic heterocycles. The predicted octanol–water partition coefficient (Wildman–Crippen LogP) is -0.124. The van der Waals surface area contributed by atoms with Gasteiger partial charge in [-0.3, -0.25) is 4.79 Å². The lowest BCUT2D eigenvalue weighted by molar-refractivity contribution is -0.148. The normalized spacial score (nSPS) is 29.4. The number of ether oxygens (including phenoxy) is 1. The summed E-state index contributed by atoms with van der Waals surface area (Å²) >= 11 is 0. The van der Waals surface area contributed by atoms with Gasteiger partial charge in [0, 0.05) is 12.6 Å². The highest BCUT2D eigenvalue weighted by atomic mass is 16.5. The highest BCUT2D eigenvalue weighted by molar-refractivity contribution is 5.73. The molecule has 0 spiro atoms. The third-order valence-electron chi connectivity index (χ3n) is 2.35. The number of carbonyl (C=O) groups excluding carboxylic acids is 1. The Balaban J connectivity index is 2.48. The summed E-state index contributed by atoms with van der Waals surface area (Å²) in [5, 5.41) is 3.19. The molecular formula is C9H18N2O2. The minimum atomic E-state index is -0.140. The van der Waals surface area contributed by atoms with Crippen LogP contribution in [0.2, 0.25) is 0 Å². The lowest BCUT2D eigenvalue weighted by Gasteiger charge is -2.18. The molecule has 13 heavy (non-hydrogen) atoms. The number of rotatable bonds is 2. The van der Waals surface area contributed by atoms with Crippen LogP contribution in [0.15, 0.2) is 0 Å². The van der Waals surface area contributed by atoms with Crippen LogP contribution in [-0.2, 0) is 9.53 Å². The first kappa shape index (κ1) is 10.5. The monoisotopic (exact) mass is 186 g/mol. The smallest absolute Gasteiger partial charge is 0.310 e. The summed E-state index contributed by atoms with van der Waals surface area (Å²) in [7, 11) is 0. The number of hydrogen-bond donors (Lipinski definition) is 2. The molecule has 3 N–H and O–H groups in total. The van der Waals surface area contributed by atoms with Gasteiger partial charge >= 0.3 is 5.97 Å². The maximum absolute atomic E-state index is 11.4. The summed E-state index contributed by atoms with van der Waals surface area (Å²) in [5.41, 5.74) is 5.85. The Morgan fingerprint density at radius 3 is 3.15 bits per heavy atom. The predicted molar refractivity (Wildman–Crippen MR) is 50.2 cm³/mol. The fraction of sp³-hybridized carbons (Fsp3) is 0.889. The summed E-state index contributed by atoms with van der Waals surface area (Å²) in [6.45, 7) is 3.92. The maximum Gasteiger partial charge on any atom is 0.310 e. The number of esters is 1. The molecule has 1 heterocycles. The van der Waals surface area contributed by atoms with Crippen LogP contribution in [0.25, 0.3) is 0 Å². The fourth-order valence-corrected chi connectivity index (χ4v) is 1.61. The topological polar surface area (TPSA) is 64.3 Å². The molecule has 2 atom stereocenters. The zero-order valence-corrected chi connectivity index (χ0v) is 8.08. The Morgan fingerprint density at radius 2 is 2.46 bits per heavy atom. The Hall–Kier alpha value is -0.610. The molecule has 0 amide bonds. The van der Waals surface area contributed by atoms with E-state index in [0.29, 0.717) is 13.2 Å². The molecule has 0 saturated carbocycles. The molecule has 4 nitrogen and oxygen atoms in total. The van der Waals surface area contributed by atoms with Crippen molar-refractivity contribution in [2.24, 2.45) is 11.7 Å². The lowest BCUT2D eigenvalue weighted by Crippen LogP contribution is -2.41. The zero-order chi connectivity index (χ0) is 9.68. The highest BCUT2D eigenvalue weighted by Crippen LogP contribution is 2.14. The van der Waals surface area contributed by atoms with Crippen LogP contribution in [0.1, 0.15) is 19.8 Å². The molecule has 1 aliphatic rings. The van der Waals surface area contributed by atoms with Gasteiger partial charge in [0.25, 0.3) is 0 Å². The lowest BCUT2D eigenvalue weighted by atomic mass is 9.97. The van der Waals surface area contributed by atoms with E-state index in [9.17, 15) is 4.79 Å². The SMILES string of the molecule is CCOC(=O)C1CCCNCC1N. The van der Waals surface area contributed by atoms with Crippen LogP contribution in [0.4, 0.5) is 0 Å². The second-order valence-electron chi connectivity index (χ2n) is 3.37. The molecule has 0 aromatic rings. The average Bonchev–Trinajstić information content (AvgIpc) is 2.30. The van der Waals surface area contributed by atoms with Crippen LogP contribution in [-0.4, -0.2) is 31.7 Å². The van der Waals surface area contributed by atoms with E-state index >= 15 is 0 Å². The average molecular weight is 186 g/mol. The Labute approximate surface area is 78.8 Å². The van der Waals surface area contributed by atoms with Crippen molar-refractivity contribution >= 4 is 5.97 Å². The van der Waals surface area contributed by atoms with Crippen molar-refractivity contribution in [2.75, 3.05) is 19.7 Å². The first-order valence-electron chi connectivity index (χ1n) is 4.88. The summed E-state index contributed by atoms with van der Waals surface area (Å²) < 4.78 is 4.96. The fourth-order valence-electron chi connectivity index (χ4n) is 1.61. The molecule has 0 aromatic heterocycles. The Morgan fingerprint density at radius 1 is 1.69 bits per heavy atom. The van der Waals surface area contributed by atoms with E-state index in [1.807, 2.05) is 6.92 Å². The van der Waals surface area contributed by atoms with Crippen molar-refractivity contribution in [3.05, 3.63) is 0 Å². The van der Waals surface area contributed by atoms with Gasteiger partial charge in [0.1, 0.15) is 0 Å². The van der Waals surface area contributed by atoms with Crippen LogP contribution >= 0.6 is 0 Å². The number of hydrogen-bond acceptors (Lipinski definition) is 4. The minimum absolute atomic E-state index is 0.0958. The Kier molecular flexibility index (Phi) is 4.18. The maximum atomic E-state index is 11.4. The van der Waals surface area contributed by atoms with Gasteiger partial charge in [0.2, 0.25) is 0 Å². The second-order valence-corrected chi connectivity index (χ2v) is 3.37. The molecule has 1 fully saturated rings. The van der Waals surface area contributed by atoms with Gasteiger partial charge in [0.15, 0.2) is 0 Å². The highest BCUT2D eigenvalue weighted by Gasteiger charge is 2.27. The Bertz CT molecular complexity index is 173. The van der Waals surface area contributed by atoms with Crippen LogP contribution in [0.5, 0.6) is 0 Å². The van der Waals surface area contributed by atoms with Gasteiger partial charge in [-0.05, 0) is 26.3 Å². The summed E-state index contributed by atoms with van der Waals surface area (Å²) in [6.07, 6.45) is 1.84. The van der Waals surface area contributed by atoms with Crippen LogP contribution in [0, 0.1) is 5.92 Å². The van der Waals surface area contributed by atoms with Gasteiger partial charge in [-0.25, -0.2) is 0 Å². The van der Waals surface area contributed by atoms with E-state index in [0.717, 1.165) is 19.4 Å². The summed E-state index contributed by atoms with van der Waals surface area (Å²) in [4.78, 5) is 11.4. The van der Waals surface area contributed by atoms with Crippen LogP contribution < -0.4 is 11.1 Å². The molecule has 1 rings (SSSR count). The second kappa shape index (κ2) is 5.19. The molecule has 4 heteroatoms. The van der Waals surface area contributed by atoms with Gasteiger partial charge < -0.3 is 15.8 Å². The van der Waals surface area contributed by atoms with E-state index in [-0.39, 0.29) is 17.9 Å². The van der Waals surface area contributed by atoms with E-state index < -0.39 is 0 Å². The van der Waals surface area contributed by atoms with E-state index in [4.69, 9.17) is 10.5 Å². The van der Waals surface area contributed by atoms with Crippen molar-refractivity contribution in [1.29, 1.82) is 0 Å². The van der Waals surface area contributed by atoms with Crippen LogP contribution in [0.3, 0.4) is 0 Å². The standard InChI is InChI=1S/C9H18N2O2/c1-2-13-9(12)7-4-3-5-11-6-8(7)10/h7-8,11H,2-6,10H2,1H3. The molecule has 1 saturated heterocycles. The third kappa shape index (κ3) is 2.97. The zero-order valence-electron chi connectivity index (χ0n) is 8.08. The summed E-state index contributed by atoms with van der Waals surface area (Å²) in [6, 6.07) is -0.0958. The van der Waals surface area contributed by atoms with Crippen molar-refractivity contribution in [2.45, 2.75) is 25.8 Å². The number of carbonyl (C=O) groups is 1. The molecule has 0 bridgehead atoms. The first-order valence-corrected chi connectivity index (χ1v) is 4.88. The van der Waals surface area contributed by atoms with E-state index in [1.54, 1.807) is 0 Å². The van der Waals surface area contributed by atoms with Crippen molar-refractivity contribution in [3.63, 3.8) is 0 Å². The molecule has 0 radical (unpaired) electrons. The molecule has 2 unspecified atom stereocenters. The molecule has 76 valence electrons. The third-order valence-corrected chi connectivity index (χ3v) is 2.35. The minimum Gasteiger partial charge on any atom is -0.466 e. The molecular weight excluding hydrogens is 168 g/mol. The first-order chi connectivity index (χ1) is 6.25. The van der Waals surface area contributed by atoms with Gasteiger partial charge in [-0.15, -0.1) is 0 Å². The summed E-state index contributed by atoms with van der Waals surface area (Å²) in [5.74, 6) is -0.256. The van der Waals surface area contributed by atoms with E-state index in [1.165, 1.54) is 0 Å². The number of nitrogens with one attached hydrogen (secondary N) is 1. The van der Waals surface area contributed by atoms with Gasteiger partial charge in [-0.1, -0.05) is 0 Å². The quantitative estimate of drug-likeness (QED) is 0.590. The number of nitrogens with two attached hydrogens (primary N) is 1. The van der Waals surface area contributed by atoms with Crippen molar-refractivity contribution in [3.8, 4) is 0 Å². The molecule has 0 aromatic carbocycles. The molecule has 0 aliphatic carbocycles. The van der Waals surface area contributed by atoms with Crippen molar-refractivity contribution in [1.82, 2.24) is 5.32 Å². The van der Waals surface area contributed by atoms with Gasteiger partial charge in [-0.2, -0.15) is 0 Å². The largest absolute Gasteiger partial charge is 0.466 e.